The molecule has 1 amide bonds. The number of fused-ring (bicyclic) bond motifs is 1. The van der Waals surface area contributed by atoms with Crippen LogP contribution in [0, 0.1) is 13.8 Å². The van der Waals surface area contributed by atoms with Gasteiger partial charge in [-0.25, -0.2) is 0 Å². The topological polar surface area (TPSA) is 51.5 Å². The Morgan fingerprint density at radius 3 is 2.55 bits per heavy atom. The van der Waals surface area contributed by atoms with Crippen LogP contribution >= 0.6 is 0 Å². The van der Waals surface area contributed by atoms with Crippen LogP contribution in [0.3, 0.4) is 0 Å². The molecule has 0 radical (unpaired) electrons. The molecule has 3 aromatic rings. The quantitative estimate of drug-likeness (QED) is 0.521. The smallest absolute Gasteiger partial charge is 0.244 e. The van der Waals surface area contributed by atoms with E-state index >= 15 is 0 Å². The first-order valence-corrected chi connectivity index (χ1v) is 10.0. The Labute approximate surface area is 172 Å². The van der Waals surface area contributed by atoms with Gasteiger partial charge in [0.1, 0.15) is 11.3 Å². The van der Waals surface area contributed by atoms with Crippen LogP contribution in [0.5, 0.6) is 5.75 Å². The number of hydrogen-bond acceptors (Lipinski definition) is 3. The van der Waals surface area contributed by atoms with Gasteiger partial charge in [0.25, 0.3) is 0 Å². The fourth-order valence-corrected chi connectivity index (χ4v) is 3.49. The van der Waals surface area contributed by atoms with Gasteiger partial charge in [-0.15, -0.1) is 0 Å². The zero-order chi connectivity index (χ0) is 21.1. The number of hydrogen-bond donors (Lipinski definition) is 1. The van der Waals surface area contributed by atoms with Crippen LogP contribution < -0.4 is 10.1 Å². The number of allylic oxidation sites excluding steroid dienone is 1. The molecule has 1 N–H and O–H groups in total. The molecule has 1 aromatic heterocycles. The highest BCUT2D eigenvalue weighted by Gasteiger charge is 2.19. The Morgan fingerprint density at radius 2 is 1.93 bits per heavy atom. The summed E-state index contributed by atoms with van der Waals surface area (Å²) in [7, 11) is 1.65. The number of aryl methyl sites for hydroxylation is 2. The van der Waals surface area contributed by atoms with Gasteiger partial charge in [-0.05, 0) is 51.3 Å². The van der Waals surface area contributed by atoms with E-state index in [-0.39, 0.29) is 11.9 Å². The van der Waals surface area contributed by atoms with Crippen molar-refractivity contribution in [2.75, 3.05) is 7.11 Å². The van der Waals surface area contributed by atoms with E-state index in [1.165, 1.54) is 5.56 Å². The van der Waals surface area contributed by atoms with Crippen LogP contribution in [0.4, 0.5) is 0 Å². The molecule has 1 atom stereocenters. The third-order valence-corrected chi connectivity index (χ3v) is 5.38. The first-order valence-electron chi connectivity index (χ1n) is 10.0. The van der Waals surface area contributed by atoms with E-state index in [0.29, 0.717) is 0 Å². The van der Waals surface area contributed by atoms with Crippen molar-refractivity contribution in [2.45, 2.75) is 47.1 Å². The summed E-state index contributed by atoms with van der Waals surface area (Å²) in [5.41, 5.74) is 6.82. The highest BCUT2D eigenvalue weighted by molar-refractivity contribution is 6.01. The highest BCUT2D eigenvalue weighted by atomic mass is 16.5. The molecule has 4 nitrogen and oxygen atoms in total. The Balaban J connectivity index is 2.12. The molecule has 2 aromatic carbocycles. The van der Waals surface area contributed by atoms with Gasteiger partial charge in [-0.2, -0.15) is 0 Å². The largest absolute Gasteiger partial charge is 0.496 e. The standard InChI is InChI=1S/C25H29NO3/c1-7-17(4)26-23(27)12-16(3)20-13-21-22(19-10-8-15(2)9-11-19)14-29-25(21)18(5)24(20)28-6/h8-14,17H,7H2,1-6H3,(H,26,27)/b16-12+. The molecule has 0 aliphatic carbocycles. The molecule has 4 heteroatoms. The first-order chi connectivity index (χ1) is 13.8. The van der Waals surface area contributed by atoms with E-state index in [1.807, 2.05) is 27.7 Å². The van der Waals surface area contributed by atoms with E-state index in [1.54, 1.807) is 19.4 Å². The lowest BCUT2D eigenvalue weighted by Crippen LogP contribution is -2.30. The van der Waals surface area contributed by atoms with Crippen molar-refractivity contribution in [3.8, 4) is 16.9 Å². The van der Waals surface area contributed by atoms with E-state index in [4.69, 9.17) is 9.15 Å². The second kappa shape index (κ2) is 8.56. The van der Waals surface area contributed by atoms with Gasteiger partial charge in [0.2, 0.25) is 5.91 Å². The minimum Gasteiger partial charge on any atom is -0.496 e. The van der Waals surface area contributed by atoms with Crippen molar-refractivity contribution < 1.29 is 13.9 Å². The van der Waals surface area contributed by atoms with Crippen molar-refractivity contribution in [2.24, 2.45) is 0 Å². The summed E-state index contributed by atoms with van der Waals surface area (Å²) >= 11 is 0. The Bertz CT molecular complexity index is 1060. The monoisotopic (exact) mass is 391 g/mol. The average Bonchev–Trinajstić information content (AvgIpc) is 3.12. The number of carbonyl (C=O) groups excluding carboxylic acids is 1. The molecule has 0 aliphatic rings. The maximum atomic E-state index is 12.4. The Kier molecular flexibility index (Phi) is 6.12. The SMILES string of the molecule is CCC(C)NC(=O)/C=C(\C)c1cc2c(-c3ccc(C)cc3)coc2c(C)c1OC. The van der Waals surface area contributed by atoms with Crippen LogP contribution in [0.1, 0.15) is 43.9 Å². The number of rotatable bonds is 6. The molecule has 1 unspecified atom stereocenters. The van der Waals surface area contributed by atoms with Crippen LogP contribution in [0.15, 0.2) is 47.1 Å². The van der Waals surface area contributed by atoms with Gasteiger partial charge in [0.05, 0.1) is 13.4 Å². The van der Waals surface area contributed by atoms with Crippen molar-refractivity contribution in [3.63, 3.8) is 0 Å². The third-order valence-electron chi connectivity index (χ3n) is 5.38. The Hall–Kier alpha value is -3.01. The first kappa shape index (κ1) is 20.7. The maximum Gasteiger partial charge on any atom is 0.244 e. The third kappa shape index (κ3) is 4.21. The molecule has 0 aliphatic heterocycles. The van der Waals surface area contributed by atoms with Crippen LogP contribution in [0.2, 0.25) is 0 Å². The van der Waals surface area contributed by atoms with Gasteiger partial charge in [0.15, 0.2) is 0 Å². The number of nitrogens with one attached hydrogen (secondary N) is 1. The fraction of sp³-hybridized carbons (Fsp3) is 0.320. The van der Waals surface area contributed by atoms with E-state index < -0.39 is 0 Å². The van der Waals surface area contributed by atoms with Crippen molar-refractivity contribution >= 4 is 22.4 Å². The summed E-state index contributed by atoms with van der Waals surface area (Å²) in [5.74, 6) is 0.634. The molecule has 1 heterocycles. The second-order valence-electron chi connectivity index (χ2n) is 7.62. The predicted molar refractivity (Wildman–Crippen MR) is 119 cm³/mol. The Morgan fingerprint density at radius 1 is 1.24 bits per heavy atom. The normalized spacial score (nSPS) is 12.8. The molecular weight excluding hydrogens is 362 g/mol. The van der Waals surface area contributed by atoms with E-state index in [9.17, 15) is 4.79 Å². The maximum absolute atomic E-state index is 12.4. The van der Waals surface area contributed by atoms with Crippen LogP contribution in [-0.2, 0) is 4.79 Å². The van der Waals surface area contributed by atoms with Crippen molar-refractivity contribution in [3.05, 3.63) is 59.4 Å². The summed E-state index contributed by atoms with van der Waals surface area (Å²) < 4.78 is 11.6. The average molecular weight is 392 g/mol. The summed E-state index contributed by atoms with van der Waals surface area (Å²) in [4.78, 5) is 12.4. The number of carbonyl (C=O) groups is 1. The number of amides is 1. The summed E-state index contributed by atoms with van der Waals surface area (Å²) in [5, 5.41) is 3.99. The van der Waals surface area contributed by atoms with Crippen LogP contribution in [0.25, 0.3) is 27.7 Å². The predicted octanol–water partition coefficient (Wildman–Crippen LogP) is 6.04. The molecule has 0 saturated carbocycles. The molecule has 3 rings (SSSR count). The van der Waals surface area contributed by atoms with E-state index in [2.05, 4.69) is 42.6 Å². The lowest BCUT2D eigenvalue weighted by molar-refractivity contribution is -0.117. The highest BCUT2D eigenvalue weighted by Crippen LogP contribution is 2.40. The minimum atomic E-state index is -0.0948. The van der Waals surface area contributed by atoms with Gasteiger partial charge < -0.3 is 14.5 Å². The summed E-state index contributed by atoms with van der Waals surface area (Å²) in [6, 6.07) is 10.6. The van der Waals surface area contributed by atoms with Crippen molar-refractivity contribution in [1.82, 2.24) is 5.32 Å². The lowest BCUT2D eigenvalue weighted by Gasteiger charge is -2.14. The molecule has 0 bridgehead atoms. The fourth-order valence-electron chi connectivity index (χ4n) is 3.49. The molecule has 0 spiro atoms. The lowest BCUT2D eigenvalue weighted by atomic mass is 9.96. The zero-order valence-corrected chi connectivity index (χ0v) is 18.1. The molecule has 0 saturated heterocycles. The van der Waals surface area contributed by atoms with Gasteiger partial charge in [-0.1, -0.05) is 36.8 Å². The van der Waals surface area contributed by atoms with Gasteiger partial charge >= 0.3 is 0 Å². The van der Waals surface area contributed by atoms with Crippen molar-refractivity contribution in [1.29, 1.82) is 0 Å². The molecule has 0 fully saturated rings. The van der Waals surface area contributed by atoms with E-state index in [0.717, 1.165) is 51.0 Å². The molecule has 29 heavy (non-hydrogen) atoms. The number of methoxy groups -OCH3 is 1. The zero-order valence-electron chi connectivity index (χ0n) is 18.1. The van der Waals surface area contributed by atoms with Gasteiger partial charge in [-0.3, -0.25) is 4.79 Å². The number of benzene rings is 2. The summed E-state index contributed by atoms with van der Waals surface area (Å²) in [6.45, 7) is 10.0. The molecular formula is C25H29NO3. The van der Waals surface area contributed by atoms with Gasteiger partial charge in [0, 0.05) is 34.2 Å². The van der Waals surface area contributed by atoms with Crippen LogP contribution in [-0.4, -0.2) is 19.1 Å². The second-order valence-corrected chi connectivity index (χ2v) is 7.62. The minimum absolute atomic E-state index is 0.0948. The molecule has 152 valence electrons. The number of furan rings is 1. The number of ether oxygens (including phenoxy) is 1. The summed E-state index contributed by atoms with van der Waals surface area (Å²) in [6.07, 6.45) is 4.32.